The van der Waals surface area contributed by atoms with Crippen molar-refractivity contribution in [2.24, 2.45) is 5.73 Å². The zero-order valence-electron chi connectivity index (χ0n) is 25.7. The summed E-state index contributed by atoms with van der Waals surface area (Å²) >= 11 is 0. The van der Waals surface area contributed by atoms with E-state index in [4.69, 9.17) is 15.2 Å². The molecule has 0 spiro atoms. The maximum Gasteiger partial charge on any atom is 0.410 e. The third-order valence-corrected chi connectivity index (χ3v) is 7.13. The van der Waals surface area contributed by atoms with Gasteiger partial charge in [0, 0.05) is 26.2 Å². The highest BCUT2D eigenvalue weighted by molar-refractivity contribution is 6.21. The fourth-order valence-electron chi connectivity index (χ4n) is 4.64. The summed E-state index contributed by atoms with van der Waals surface area (Å²) < 4.78 is 10.5. The molecule has 5 amide bonds. The Morgan fingerprint density at radius 2 is 1.47 bits per heavy atom. The number of nitrogens with two attached hydrogens (primary N) is 1. The zero-order chi connectivity index (χ0) is 31.5. The molecule has 0 saturated carbocycles. The van der Waals surface area contributed by atoms with Crippen LogP contribution in [0.4, 0.5) is 9.59 Å². The van der Waals surface area contributed by atoms with Gasteiger partial charge in [0.1, 0.15) is 6.04 Å². The highest BCUT2D eigenvalue weighted by atomic mass is 16.6. The Balaban J connectivity index is 1.86. The number of carbonyl (C=O) groups excluding carboxylic acids is 5. The first-order valence-corrected chi connectivity index (χ1v) is 15.6. The maximum absolute atomic E-state index is 13.3. The first-order chi connectivity index (χ1) is 20.8. The van der Waals surface area contributed by atoms with Gasteiger partial charge in [0.2, 0.25) is 5.91 Å². The van der Waals surface area contributed by atoms with Crippen LogP contribution in [0, 0.1) is 0 Å². The highest BCUT2D eigenvalue weighted by Gasteiger charge is 2.34. The third-order valence-electron chi connectivity index (χ3n) is 7.13. The Morgan fingerprint density at radius 3 is 2.09 bits per heavy atom. The molecule has 1 atom stereocenters. The molecule has 1 aliphatic rings. The Kier molecular flexibility index (Phi) is 16.7. The van der Waals surface area contributed by atoms with Crippen LogP contribution < -0.4 is 16.4 Å². The van der Waals surface area contributed by atoms with E-state index in [2.05, 4.69) is 10.6 Å². The Hall–Kier alpha value is -3.67. The number of unbranched alkanes of at least 4 members (excludes halogenated alkanes) is 4. The van der Waals surface area contributed by atoms with Crippen LogP contribution in [0.5, 0.6) is 0 Å². The fourth-order valence-corrected chi connectivity index (χ4v) is 4.64. The molecule has 4 N–H and O–H groups in total. The molecule has 12 heteroatoms. The fraction of sp³-hybridized carbons (Fsp3) is 0.645. The second-order valence-electron chi connectivity index (χ2n) is 10.5. The van der Waals surface area contributed by atoms with Crippen molar-refractivity contribution in [2.45, 2.75) is 84.1 Å². The summed E-state index contributed by atoms with van der Waals surface area (Å²) in [5, 5.41) is 5.60. The number of fused-ring (bicyclic) bond motifs is 1. The Morgan fingerprint density at radius 1 is 0.837 bits per heavy atom. The molecule has 0 aromatic heterocycles. The number of benzene rings is 1. The van der Waals surface area contributed by atoms with E-state index >= 15 is 0 Å². The molecule has 240 valence electrons. The second-order valence-corrected chi connectivity index (χ2v) is 10.5. The van der Waals surface area contributed by atoms with Crippen molar-refractivity contribution in [3.05, 3.63) is 35.4 Å². The number of ether oxygens (including phenoxy) is 2. The van der Waals surface area contributed by atoms with Crippen molar-refractivity contribution < 1.29 is 33.4 Å². The molecule has 0 aliphatic carbocycles. The number of hydrogen-bond acceptors (Lipinski definition) is 8. The number of rotatable bonds is 21. The first-order valence-electron chi connectivity index (χ1n) is 15.6. The van der Waals surface area contributed by atoms with Gasteiger partial charge in [-0.15, -0.1) is 0 Å². The number of alkyl carbamates (subject to hydrolysis) is 1. The van der Waals surface area contributed by atoms with Crippen LogP contribution in [0.25, 0.3) is 0 Å². The van der Waals surface area contributed by atoms with Gasteiger partial charge in [-0.05, 0) is 70.0 Å². The number of hydrogen-bond donors (Lipinski definition) is 3. The van der Waals surface area contributed by atoms with Gasteiger partial charge in [-0.2, -0.15) is 0 Å². The van der Waals surface area contributed by atoms with Gasteiger partial charge in [0.15, 0.2) is 0 Å². The molecule has 1 aromatic carbocycles. The molecular formula is C31H49N5O7. The van der Waals surface area contributed by atoms with E-state index in [-0.39, 0.29) is 37.4 Å². The maximum atomic E-state index is 13.3. The SMILES string of the molecule is CCCCOC(=O)NCCCN(C(=O)OCCCC)C(CCCN)C(=O)NCCCCCN1C(=O)c2ccccc2C1=O. The molecule has 12 nitrogen and oxygen atoms in total. The van der Waals surface area contributed by atoms with Gasteiger partial charge in [-0.1, -0.05) is 38.8 Å². The van der Waals surface area contributed by atoms with Gasteiger partial charge in [-0.25, -0.2) is 9.59 Å². The summed E-state index contributed by atoms with van der Waals surface area (Å²) in [6.07, 6.45) is 5.48. The third kappa shape index (κ3) is 11.9. The molecule has 0 radical (unpaired) electrons. The summed E-state index contributed by atoms with van der Waals surface area (Å²) in [5.41, 5.74) is 6.60. The van der Waals surface area contributed by atoms with Gasteiger partial charge in [0.25, 0.3) is 11.8 Å². The van der Waals surface area contributed by atoms with Crippen LogP contribution in [0.15, 0.2) is 24.3 Å². The molecule has 43 heavy (non-hydrogen) atoms. The summed E-state index contributed by atoms with van der Waals surface area (Å²) in [6, 6.07) is 6.03. The number of imide groups is 1. The summed E-state index contributed by atoms with van der Waals surface area (Å²) in [4.78, 5) is 65.9. The van der Waals surface area contributed by atoms with Crippen molar-refractivity contribution in [3.63, 3.8) is 0 Å². The minimum Gasteiger partial charge on any atom is -0.450 e. The van der Waals surface area contributed by atoms with Crippen LogP contribution >= 0.6 is 0 Å². The molecular weight excluding hydrogens is 554 g/mol. The van der Waals surface area contributed by atoms with Crippen LogP contribution in [0.1, 0.15) is 98.8 Å². The lowest BCUT2D eigenvalue weighted by atomic mass is 10.1. The minimum absolute atomic E-state index is 0.211. The molecule has 0 bridgehead atoms. The van der Waals surface area contributed by atoms with E-state index in [0.29, 0.717) is 82.3 Å². The van der Waals surface area contributed by atoms with E-state index in [1.54, 1.807) is 24.3 Å². The number of nitrogens with one attached hydrogen (secondary N) is 2. The average Bonchev–Trinajstić information content (AvgIpc) is 3.24. The predicted molar refractivity (Wildman–Crippen MR) is 163 cm³/mol. The number of carbonyl (C=O) groups is 5. The number of nitrogens with zero attached hydrogens (tertiary/aromatic N) is 2. The van der Waals surface area contributed by atoms with Crippen molar-refractivity contribution in [3.8, 4) is 0 Å². The van der Waals surface area contributed by atoms with E-state index in [9.17, 15) is 24.0 Å². The van der Waals surface area contributed by atoms with Crippen LogP contribution in [0.2, 0.25) is 0 Å². The quantitative estimate of drug-likeness (QED) is 0.141. The smallest absolute Gasteiger partial charge is 0.410 e. The first kappa shape index (κ1) is 35.5. The normalized spacial score (nSPS) is 13.0. The van der Waals surface area contributed by atoms with Gasteiger partial charge in [0.05, 0.1) is 24.3 Å². The van der Waals surface area contributed by atoms with E-state index < -0.39 is 18.2 Å². The molecule has 1 aliphatic heterocycles. The Labute approximate surface area is 255 Å². The zero-order valence-corrected chi connectivity index (χ0v) is 25.7. The summed E-state index contributed by atoms with van der Waals surface area (Å²) in [5.74, 6) is -0.842. The topological polar surface area (TPSA) is 160 Å². The lowest BCUT2D eigenvalue weighted by Gasteiger charge is -2.30. The summed E-state index contributed by atoms with van der Waals surface area (Å²) in [7, 11) is 0. The van der Waals surface area contributed by atoms with Crippen molar-refractivity contribution in [1.29, 1.82) is 0 Å². The summed E-state index contributed by atoms with van der Waals surface area (Å²) in [6.45, 7) is 6.16. The Bertz CT molecular complexity index is 1020. The monoisotopic (exact) mass is 603 g/mol. The molecule has 0 fully saturated rings. The molecule has 1 unspecified atom stereocenters. The molecule has 0 saturated heterocycles. The lowest BCUT2D eigenvalue weighted by molar-refractivity contribution is -0.126. The van der Waals surface area contributed by atoms with Crippen LogP contribution in [-0.2, 0) is 14.3 Å². The van der Waals surface area contributed by atoms with Crippen LogP contribution in [0.3, 0.4) is 0 Å². The van der Waals surface area contributed by atoms with E-state index in [0.717, 1.165) is 19.3 Å². The minimum atomic E-state index is -0.771. The van der Waals surface area contributed by atoms with Crippen molar-refractivity contribution in [1.82, 2.24) is 20.4 Å². The van der Waals surface area contributed by atoms with Gasteiger partial charge in [-0.3, -0.25) is 24.2 Å². The molecule has 1 heterocycles. The molecule has 2 rings (SSSR count). The molecule has 1 aromatic rings. The highest BCUT2D eigenvalue weighted by Crippen LogP contribution is 2.22. The average molecular weight is 604 g/mol. The van der Waals surface area contributed by atoms with Crippen LogP contribution in [-0.4, -0.2) is 91.7 Å². The van der Waals surface area contributed by atoms with Crippen molar-refractivity contribution in [2.75, 3.05) is 45.9 Å². The van der Waals surface area contributed by atoms with E-state index in [1.165, 1.54) is 9.80 Å². The van der Waals surface area contributed by atoms with Gasteiger partial charge < -0.3 is 25.8 Å². The largest absolute Gasteiger partial charge is 0.450 e. The van der Waals surface area contributed by atoms with Gasteiger partial charge >= 0.3 is 12.2 Å². The van der Waals surface area contributed by atoms with Crippen molar-refractivity contribution >= 4 is 29.9 Å². The predicted octanol–water partition coefficient (Wildman–Crippen LogP) is 3.83. The lowest BCUT2D eigenvalue weighted by Crippen LogP contribution is -2.51. The second kappa shape index (κ2) is 20.3. The number of amides is 5. The standard InChI is InChI=1S/C31H49N5O7/c1-3-5-22-42-30(40)34-19-13-21-35(31(41)43-23-6-4-2)26(16-12-17-32)27(37)33-18-10-7-11-20-36-28(38)24-14-8-9-15-25(24)29(36)39/h8-9,14-15,26H,3-7,10-13,16-23,32H2,1-2H3,(H,33,37)(H,34,40). The van der Waals surface area contributed by atoms with E-state index in [1.807, 2.05) is 13.8 Å².